The average molecular weight is 309 g/mol. The van der Waals surface area contributed by atoms with Crippen molar-refractivity contribution in [2.24, 2.45) is 7.05 Å². The summed E-state index contributed by atoms with van der Waals surface area (Å²) in [5.41, 5.74) is 1.95. The second-order valence-electron chi connectivity index (χ2n) is 4.43. The molecular formula is C13H10F3N5O. The minimum absolute atomic E-state index is 0.289. The fourth-order valence-electron chi connectivity index (χ4n) is 1.93. The van der Waals surface area contributed by atoms with Crippen LogP contribution in [0.2, 0.25) is 0 Å². The molecule has 2 aromatic heterocycles. The van der Waals surface area contributed by atoms with Crippen molar-refractivity contribution in [3.8, 4) is 22.8 Å². The molecule has 22 heavy (non-hydrogen) atoms. The second kappa shape index (κ2) is 5.17. The van der Waals surface area contributed by atoms with E-state index in [4.69, 9.17) is 0 Å². The van der Waals surface area contributed by atoms with E-state index >= 15 is 0 Å². The van der Waals surface area contributed by atoms with Gasteiger partial charge in [-0.15, -0.1) is 18.3 Å². The van der Waals surface area contributed by atoms with Crippen LogP contribution in [-0.4, -0.2) is 31.1 Å². The molecule has 0 saturated carbocycles. The molecule has 114 valence electrons. The molecule has 9 heteroatoms. The summed E-state index contributed by atoms with van der Waals surface area (Å²) in [5, 5.41) is 12.0. The first-order chi connectivity index (χ1) is 10.4. The lowest BCUT2D eigenvalue weighted by atomic mass is 10.3. The summed E-state index contributed by atoms with van der Waals surface area (Å²) in [6, 6.07) is 7.14. The monoisotopic (exact) mass is 309 g/mol. The zero-order valence-electron chi connectivity index (χ0n) is 11.3. The summed E-state index contributed by atoms with van der Waals surface area (Å²) in [5.74, 6) is -0.289. The number of aryl methyl sites for hydroxylation is 1. The predicted octanol–water partition coefficient (Wildman–Crippen LogP) is 2.57. The standard InChI is InChI=1S/C13H10F3N5O/c1-20-12(6-7-17-20)11-8-21(19-18-11)9-2-4-10(5-3-9)22-13(14,15)16/h2-8H,1H3. The van der Waals surface area contributed by atoms with E-state index in [1.807, 2.05) is 0 Å². The van der Waals surface area contributed by atoms with Gasteiger partial charge >= 0.3 is 6.36 Å². The molecule has 0 fully saturated rings. The smallest absolute Gasteiger partial charge is 0.406 e. The molecule has 0 radical (unpaired) electrons. The van der Waals surface area contributed by atoms with E-state index in [2.05, 4.69) is 20.1 Å². The maximum absolute atomic E-state index is 12.1. The summed E-state index contributed by atoms with van der Waals surface area (Å²) in [6.45, 7) is 0. The molecule has 0 aliphatic heterocycles. The van der Waals surface area contributed by atoms with E-state index in [0.29, 0.717) is 11.4 Å². The molecule has 0 unspecified atom stereocenters. The first-order valence-corrected chi connectivity index (χ1v) is 6.19. The Kier molecular flexibility index (Phi) is 3.32. The van der Waals surface area contributed by atoms with Crippen molar-refractivity contribution in [2.45, 2.75) is 6.36 Å². The maximum Gasteiger partial charge on any atom is 0.573 e. The highest BCUT2D eigenvalue weighted by atomic mass is 19.4. The fourth-order valence-corrected chi connectivity index (χ4v) is 1.93. The molecule has 0 N–H and O–H groups in total. The van der Waals surface area contributed by atoms with Gasteiger partial charge in [0.15, 0.2) is 0 Å². The third-order valence-corrected chi connectivity index (χ3v) is 2.91. The van der Waals surface area contributed by atoms with E-state index in [1.54, 1.807) is 30.2 Å². The molecule has 6 nitrogen and oxygen atoms in total. The molecule has 0 atom stereocenters. The van der Waals surface area contributed by atoms with Crippen LogP contribution < -0.4 is 4.74 Å². The molecule has 3 aromatic rings. The number of aromatic nitrogens is 5. The van der Waals surface area contributed by atoms with Gasteiger partial charge in [0.2, 0.25) is 0 Å². The van der Waals surface area contributed by atoms with Crippen LogP contribution in [0.3, 0.4) is 0 Å². The fraction of sp³-hybridized carbons (Fsp3) is 0.154. The Bertz CT molecular complexity index is 776. The third-order valence-electron chi connectivity index (χ3n) is 2.91. The predicted molar refractivity (Wildman–Crippen MR) is 70.2 cm³/mol. The van der Waals surface area contributed by atoms with Crippen LogP contribution in [0.15, 0.2) is 42.7 Å². The Balaban J connectivity index is 1.83. The van der Waals surface area contributed by atoms with Crippen LogP contribution in [0.4, 0.5) is 13.2 Å². The highest BCUT2D eigenvalue weighted by Crippen LogP contribution is 2.24. The van der Waals surface area contributed by atoms with Crippen LogP contribution in [-0.2, 0) is 7.05 Å². The minimum atomic E-state index is -4.71. The maximum atomic E-state index is 12.1. The summed E-state index contributed by atoms with van der Waals surface area (Å²) < 4.78 is 43.2. The van der Waals surface area contributed by atoms with Crippen molar-refractivity contribution in [3.63, 3.8) is 0 Å². The van der Waals surface area contributed by atoms with Crippen molar-refractivity contribution in [2.75, 3.05) is 0 Å². The molecule has 0 bridgehead atoms. The zero-order chi connectivity index (χ0) is 15.7. The van der Waals surface area contributed by atoms with Gasteiger partial charge in [-0.05, 0) is 30.3 Å². The van der Waals surface area contributed by atoms with Gasteiger partial charge in [-0.3, -0.25) is 4.68 Å². The summed E-state index contributed by atoms with van der Waals surface area (Å²) in [6.07, 6.45) is -1.41. The van der Waals surface area contributed by atoms with Crippen LogP contribution in [0, 0.1) is 0 Å². The average Bonchev–Trinajstić information content (AvgIpc) is 3.06. The highest BCUT2D eigenvalue weighted by Gasteiger charge is 2.30. The Morgan fingerprint density at radius 2 is 1.82 bits per heavy atom. The quantitative estimate of drug-likeness (QED) is 0.746. The zero-order valence-corrected chi connectivity index (χ0v) is 11.3. The van der Waals surface area contributed by atoms with E-state index < -0.39 is 6.36 Å². The molecule has 3 rings (SSSR count). The highest BCUT2D eigenvalue weighted by molar-refractivity contribution is 5.53. The van der Waals surface area contributed by atoms with Crippen LogP contribution in [0.1, 0.15) is 0 Å². The summed E-state index contributed by atoms with van der Waals surface area (Å²) in [7, 11) is 1.78. The molecule has 0 saturated heterocycles. The molecule has 0 amide bonds. The van der Waals surface area contributed by atoms with Crippen molar-refractivity contribution < 1.29 is 17.9 Å². The van der Waals surface area contributed by atoms with Crippen LogP contribution >= 0.6 is 0 Å². The Morgan fingerprint density at radius 1 is 1.09 bits per heavy atom. The summed E-state index contributed by atoms with van der Waals surface area (Å²) in [4.78, 5) is 0. The number of hydrogen-bond acceptors (Lipinski definition) is 4. The lowest BCUT2D eigenvalue weighted by Crippen LogP contribution is -2.17. The van der Waals surface area contributed by atoms with Gasteiger partial charge in [0.25, 0.3) is 0 Å². The second-order valence-corrected chi connectivity index (χ2v) is 4.43. The number of alkyl halides is 3. The normalized spacial score (nSPS) is 11.6. The van der Waals surface area contributed by atoms with E-state index in [0.717, 1.165) is 5.69 Å². The van der Waals surface area contributed by atoms with Gasteiger partial charge < -0.3 is 4.74 Å². The van der Waals surface area contributed by atoms with Gasteiger partial charge in [0.05, 0.1) is 17.6 Å². The lowest BCUT2D eigenvalue weighted by molar-refractivity contribution is -0.274. The first kappa shape index (κ1) is 14.1. The van der Waals surface area contributed by atoms with Gasteiger partial charge in [-0.2, -0.15) is 5.10 Å². The molecule has 2 heterocycles. The van der Waals surface area contributed by atoms with E-state index in [9.17, 15) is 13.2 Å². The van der Waals surface area contributed by atoms with Crippen molar-refractivity contribution in [1.29, 1.82) is 0 Å². The molecule has 0 aliphatic rings. The Hall–Kier alpha value is -2.84. The minimum Gasteiger partial charge on any atom is -0.406 e. The number of halogens is 3. The first-order valence-electron chi connectivity index (χ1n) is 6.19. The Morgan fingerprint density at radius 3 is 2.41 bits per heavy atom. The van der Waals surface area contributed by atoms with Crippen molar-refractivity contribution in [3.05, 3.63) is 42.7 Å². The van der Waals surface area contributed by atoms with Gasteiger partial charge in [0.1, 0.15) is 11.4 Å². The van der Waals surface area contributed by atoms with E-state index in [1.165, 1.54) is 28.9 Å². The molecule has 0 spiro atoms. The summed E-state index contributed by atoms with van der Waals surface area (Å²) >= 11 is 0. The molecule has 1 aromatic carbocycles. The van der Waals surface area contributed by atoms with Crippen LogP contribution in [0.5, 0.6) is 5.75 Å². The number of rotatable bonds is 3. The number of benzene rings is 1. The van der Waals surface area contributed by atoms with Gasteiger partial charge in [-0.25, -0.2) is 4.68 Å². The van der Waals surface area contributed by atoms with Gasteiger partial charge in [0, 0.05) is 13.2 Å². The lowest BCUT2D eigenvalue weighted by Gasteiger charge is -2.08. The van der Waals surface area contributed by atoms with E-state index in [-0.39, 0.29) is 5.75 Å². The van der Waals surface area contributed by atoms with Gasteiger partial charge in [-0.1, -0.05) is 5.21 Å². The molecule has 0 aliphatic carbocycles. The van der Waals surface area contributed by atoms with Crippen molar-refractivity contribution >= 4 is 0 Å². The third kappa shape index (κ3) is 2.92. The largest absolute Gasteiger partial charge is 0.573 e. The number of nitrogens with zero attached hydrogens (tertiary/aromatic N) is 5. The van der Waals surface area contributed by atoms with Crippen LogP contribution in [0.25, 0.3) is 17.1 Å². The topological polar surface area (TPSA) is 57.8 Å². The van der Waals surface area contributed by atoms with Crippen molar-refractivity contribution in [1.82, 2.24) is 24.8 Å². The Labute approximate surface area is 122 Å². The SMILES string of the molecule is Cn1nccc1-c1cn(-c2ccc(OC(F)(F)F)cc2)nn1. The molecular weight excluding hydrogens is 299 g/mol. The number of ether oxygens (including phenoxy) is 1. The number of hydrogen-bond donors (Lipinski definition) is 0.